The van der Waals surface area contributed by atoms with Gasteiger partial charge in [0.15, 0.2) is 5.67 Å². The Balaban J connectivity index is 1.53. The molecule has 1 amide bonds. The molecule has 0 radical (unpaired) electrons. The largest absolute Gasteiger partial charge is 0.335 e. The number of hydrogen-bond donors (Lipinski definition) is 0. The molecule has 1 atom stereocenters. The fourth-order valence-electron chi connectivity index (χ4n) is 2.96. The van der Waals surface area contributed by atoms with E-state index in [0.29, 0.717) is 5.56 Å². The third-order valence-corrected chi connectivity index (χ3v) is 4.72. The van der Waals surface area contributed by atoms with E-state index in [1.165, 1.54) is 17.0 Å². The van der Waals surface area contributed by atoms with E-state index < -0.39 is 17.4 Å². The first kappa shape index (κ1) is 17.5. The first-order valence-electron chi connectivity index (χ1n) is 8.14. The van der Waals surface area contributed by atoms with Gasteiger partial charge in [-0.25, -0.2) is 8.78 Å². The summed E-state index contributed by atoms with van der Waals surface area (Å²) in [6, 6.07) is 7.00. The Labute approximate surface area is 157 Å². The lowest BCUT2D eigenvalue weighted by molar-refractivity contribution is 0.0743. The molecule has 0 bridgehead atoms. The molecule has 1 saturated heterocycles. The van der Waals surface area contributed by atoms with E-state index in [4.69, 9.17) is 16.1 Å². The minimum absolute atomic E-state index is 0.0307. The Bertz CT molecular complexity index is 998. The van der Waals surface area contributed by atoms with E-state index in [2.05, 4.69) is 15.1 Å². The van der Waals surface area contributed by atoms with Crippen molar-refractivity contribution in [3.05, 3.63) is 65.0 Å². The first-order chi connectivity index (χ1) is 13.0. The highest BCUT2D eigenvalue weighted by Crippen LogP contribution is 2.36. The zero-order chi connectivity index (χ0) is 19.0. The third-order valence-electron chi connectivity index (χ3n) is 4.43. The number of pyridine rings is 1. The van der Waals surface area contributed by atoms with Crippen molar-refractivity contribution in [2.45, 2.75) is 12.1 Å². The average molecular weight is 391 g/mol. The molecule has 1 unspecified atom stereocenters. The molecule has 1 aliphatic heterocycles. The van der Waals surface area contributed by atoms with E-state index in [9.17, 15) is 9.18 Å². The lowest BCUT2D eigenvalue weighted by Crippen LogP contribution is -2.32. The van der Waals surface area contributed by atoms with Crippen LogP contribution in [0.3, 0.4) is 0 Å². The first-order valence-corrected chi connectivity index (χ1v) is 8.52. The highest BCUT2D eigenvalue weighted by Gasteiger charge is 2.45. The molecule has 27 heavy (non-hydrogen) atoms. The number of likely N-dealkylation sites (tertiary alicyclic amines) is 1. The van der Waals surface area contributed by atoms with Gasteiger partial charge >= 0.3 is 0 Å². The van der Waals surface area contributed by atoms with Crippen molar-refractivity contribution in [3.63, 3.8) is 0 Å². The van der Waals surface area contributed by atoms with Crippen LogP contribution in [0.4, 0.5) is 8.78 Å². The molecule has 1 fully saturated rings. The fourth-order valence-corrected chi connectivity index (χ4v) is 3.14. The molecule has 1 aromatic carbocycles. The van der Waals surface area contributed by atoms with E-state index in [-0.39, 0.29) is 41.8 Å². The molecule has 9 heteroatoms. The van der Waals surface area contributed by atoms with Crippen LogP contribution in [0.15, 0.2) is 47.2 Å². The van der Waals surface area contributed by atoms with E-state index in [1.807, 2.05) is 0 Å². The normalized spacial score (nSPS) is 19.4. The number of nitrogens with zero attached hydrogens (tertiary/aromatic N) is 4. The number of rotatable bonds is 3. The topological polar surface area (TPSA) is 72.1 Å². The van der Waals surface area contributed by atoms with Crippen LogP contribution in [0.2, 0.25) is 5.02 Å². The molecule has 0 saturated carbocycles. The third kappa shape index (κ3) is 3.28. The number of carbonyl (C=O) groups excluding carboxylic acids is 1. The van der Waals surface area contributed by atoms with Crippen molar-refractivity contribution in [2.75, 3.05) is 13.1 Å². The van der Waals surface area contributed by atoms with Crippen LogP contribution in [-0.4, -0.2) is 39.0 Å². The summed E-state index contributed by atoms with van der Waals surface area (Å²) in [5.41, 5.74) is -1.11. The number of carbonyl (C=O) groups is 1. The van der Waals surface area contributed by atoms with Crippen molar-refractivity contribution in [2.24, 2.45) is 0 Å². The van der Waals surface area contributed by atoms with Crippen molar-refractivity contribution in [1.82, 2.24) is 20.0 Å². The van der Waals surface area contributed by atoms with Gasteiger partial charge in [-0.15, -0.1) is 0 Å². The second kappa shape index (κ2) is 6.70. The molecule has 138 valence electrons. The minimum Gasteiger partial charge on any atom is -0.335 e. The molecular formula is C18H13ClF2N4O2. The van der Waals surface area contributed by atoms with Crippen LogP contribution in [0.5, 0.6) is 0 Å². The van der Waals surface area contributed by atoms with Gasteiger partial charge in [0.2, 0.25) is 5.82 Å². The molecule has 4 rings (SSSR count). The van der Waals surface area contributed by atoms with Crippen molar-refractivity contribution in [3.8, 4) is 11.5 Å². The Morgan fingerprint density at radius 3 is 2.78 bits per heavy atom. The Kier molecular flexibility index (Phi) is 4.35. The molecule has 0 N–H and O–H groups in total. The molecule has 0 spiro atoms. The van der Waals surface area contributed by atoms with Crippen LogP contribution < -0.4 is 0 Å². The van der Waals surface area contributed by atoms with Crippen molar-refractivity contribution in [1.29, 1.82) is 0 Å². The van der Waals surface area contributed by atoms with Gasteiger partial charge in [-0.05, 0) is 30.3 Å². The maximum atomic E-state index is 15.4. The van der Waals surface area contributed by atoms with Gasteiger partial charge in [-0.1, -0.05) is 16.8 Å². The van der Waals surface area contributed by atoms with E-state index in [0.717, 1.165) is 6.07 Å². The quantitative estimate of drug-likeness (QED) is 0.682. The lowest BCUT2D eigenvalue weighted by atomic mass is 10.1. The van der Waals surface area contributed by atoms with Gasteiger partial charge in [0.05, 0.1) is 11.6 Å². The molecule has 6 nitrogen and oxygen atoms in total. The number of hydrogen-bond acceptors (Lipinski definition) is 5. The molecule has 0 aliphatic carbocycles. The fraction of sp³-hybridized carbons (Fsp3) is 0.222. The number of aromatic nitrogens is 3. The summed E-state index contributed by atoms with van der Waals surface area (Å²) < 4.78 is 33.8. The molecule has 2 aromatic heterocycles. The Morgan fingerprint density at radius 2 is 2.04 bits per heavy atom. The van der Waals surface area contributed by atoms with Gasteiger partial charge in [-0.3, -0.25) is 9.78 Å². The van der Waals surface area contributed by atoms with Crippen molar-refractivity contribution < 1.29 is 18.1 Å². The summed E-state index contributed by atoms with van der Waals surface area (Å²) in [6.45, 7) is -0.0559. The zero-order valence-corrected chi connectivity index (χ0v) is 14.7. The smallest absolute Gasteiger partial charge is 0.258 e. The minimum atomic E-state index is -1.92. The van der Waals surface area contributed by atoms with Crippen LogP contribution in [0.1, 0.15) is 22.6 Å². The maximum Gasteiger partial charge on any atom is 0.258 e. The number of benzene rings is 1. The number of amides is 1. The average Bonchev–Trinajstić information content (AvgIpc) is 3.32. The molecule has 1 aliphatic rings. The Morgan fingerprint density at radius 1 is 1.26 bits per heavy atom. The van der Waals surface area contributed by atoms with Gasteiger partial charge in [0.1, 0.15) is 5.82 Å². The summed E-state index contributed by atoms with van der Waals surface area (Å²) in [7, 11) is 0. The molecular weight excluding hydrogens is 378 g/mol. The van der Waals surface area contributed by atoms with E-state index in [1.54, 1.807) is 24.5 Å². The van der Waals surface area contributed by atoms with E-state index >= 15 is 4.39 Å². The van der Waals surface area contributed by atoms with Crippen LogP contribution in [0, 0.1) is 5.82 Å². The predicted octanol–water partition coefficient (Wildman–Crippen LogP) is 3.64. The second-order valence-corrected chi connectivity index (χ2v) is 6.64. The van der Waals surface area contributed by atoms with Crippen LogP contribution in [-0.2, 0) is 5.67 Å². The summed E-state index contributed by atoms with van der Waals surface area (Å²) in [4.78, 5) is 21.9. The monoisotopic (exact) mass is 390 g/mol. The van der Waals surface area contributed by atoms with Gasteiger partial charge in [0.25, 0.3) is 11.8 Å². The standard InChI is InChI=1S/C18H13ClF2N4O2/c19-13-9-12(1-2-14(13)20)16(26)25-8-5-18(21,10-25)17-23-15(27-24-17)11-3-6-22-7-4-11/h1-4,6-7,9H,5,8,10H2. The molecule has 3 aromatic rings. The molecule has 3 heterocycles. The van der Waals surface area contributed by atoms with Crippen LogP contribution in [0.25, 0.3) is 11.5 Å². The summed E-state index contributed by atoms with van der Waals surface area (Å²) in [6.07, 6.45) is 3.16. The van der Waals surface area contributed by atoms with Crippen molar-refractivity contribution >= 4 is 17.5 Å². The zero-order valence-electron chi connectivity index (χ0n) is 13.9. The second-order valence-electron chi connectivity index (χ2n) is 6.23. The van der Waals surface area contributed by atoms with Gasteiger partial charge in [-0.2, -0.15) is 4.98 Å². The van der Waals surface area contributed by atoms with Gasteiger partial charge in [0, 0.05) is 36.5 Å². The Hall–Kier alpha value is -2.87. The lowest BCUT2D eigenvalue weighted by Gasteiger charge is -2.18. The summed E-state index contributed by atoms with van der Waals surface area (Å²) in [5, 5.41) is 3.59. The SMILES string of the molecule is O=C(c1ccc(F)c(Cl)c1)N1CCC(F)(c2noc(-c3ccncc3)n2)C1. The highest BCUT2D eigenvalue weighted by atomic mass is 35.5. The maximum absolute atomic E-state index is 15.4. The van der Waals surface area contributed by atoms with Gasteiger partial charge < -0.3 is 9.42 Å². The van der Waals surface area contributed by atoms with Crippen LogP contribution >= 0.6 is 11.6 Å². The number of halogens is 3. The summed E-state index contributed by atoms with van der Waals surface area (Å²) >= 11 is 5.72. The highest BCUT2D eigenvalue weighted by molar-refractivity contribution is 6.31. The summed E-state index contributed by atoms with van der Waals surface area (Å²) in [5.74, 6) is -0.986. The number of alkyl halides is 1. The predicted molar refractivity (Wildman–Crippen MR) is 92.2 cm³/mol.